The molecule has 4 nitrogen and oxygen atoms in total. The Balaban J connectivity index is 1.92. The Hall–Kier alpha value is -3.91. The van der Waals surface area contributed by atoms with Gasteiger partial charge in [0.05, 0.1) is 16.3 Å². The van der Waals surface area contributed by atoms with Crippen LogP contribution in [0, 0.1) is 12.7 Å². The molecular weight excluding hydrogens is 506 g/mol. The minimum atomic E-state index is -4.61. The molecule has 0 saturated heterocycles. The fourth-order valence-corrected chi connectivity index (χ4v) is 4.32. The summed E-state index contributed by atoms with van der Waals surface area (Å²) in [5.41, 5.74) is -0.515. The van der Waals surface area contributed by atoms with Crippen molar-refractivity contribution in [2.75, 3.05) is 5.32 Å². The van der Waals surface area contributed by atoms with Crippen LogP contribution in [0.2, 0.25) is 5.02 Å². The van der Waals surface area contributed by atoms with Gasteiger partial charge in [-0.3, -0.25) is 4.98 Å². The second kappa shape index (κ2) is 10.6. The first kappa shape index (κ1) is 26.2. The van der Waals surface area contributed by atoms with E-state index in [1.165, 1.54) is 30.5 Å². The van der Waals surface area contributed by atoms with Crippen molar-refractivity contribution < 1.29 is 22.4 Å². The minimum absolute atomic E-state index is 0.0706. The van der Waals surface area contributed by atoms with Gasteiger partial charge in [0.2, 0.25) is 0 Å². The number of halogens is 5. The van der Waals surface area contributed by atoms with Gasteiger partial charge in [-0.2, -0.15) is 13.2 Å². The zero-order chi connectivity index (χ0) is 26.6. The average molecular weight is 528 g/mol. The normalized spacial score (nSPS) is 13.0. The van der Waals surface area contributed by atoms with Crippen LogP contribution in [-0.4, -0.2) is 11.0 Å². The number of pyridine rings is 1. The van der Waals surface area contributed by atoms with E-state index < -0.39 is 29.1 Å². The Labute approximate surface area is 216 Å². The van der Waals surface area contributed by atoms with Gasteiger partial charge in [0.25, 0.3) is 0 Å². The Morgan fingerprint density at radius 1 is 0.946 bits per heavy atom. The van der Waals surface area contributed by atoms with E-state index in [4.69, 9.17) is 11.6 Å². The van der Waals surface area contributed by atoms with Crippen LogP contribution in [0.15, 0.2) is 91.1 Å². The number of rotatable bonds is 6. The van der Waals surface area contributed by atoms with E-state index in [9.17, 15) is 22.4 Å². The molecule has 0 bridgehead atoms. The summed E-state index contributed by atoms with van der Waals surface area (Å²) in [6.07, 6.45) is -3.18. The average Bonchev–Trinajstić information content (AvgIpc) is 2.84. The molecule has 4 aromatic rings. The zero-order valence-corrected chi connectivity index (χ0v) is 20.4. The van der Waals surface area contributed by atoms with Gasteiger partial charge in [-0.15, -0.1) is 0 Å². The molecule has 1 heterocycles. The van der Waals surface area contributed by atoms with Crippen LogP contribution in [0.5, 0.6) is 0 Å². The monoisotopic (exact) mass is 527 g/mol. The maximum Gasteiger partial charge on any atom is 0.416 e. The number of anilines is 1. The lowest BCUT2D eigenvalue weighted by Crippen LogP contribution is -2.51. The number of urea groups is 1. The maximum absolute atomic E-state index is 13.8. The van der Waals surface area contributed by atoms with Crippen molar-refractivity contribution in [3.63, 3.8) is 0 Å². The standard InChI is InChI=1S/C28H22ClF4N3O/c1-18-10-11-20(28(31,32)33)14-24(18)27(16-19-6-3-2-4-7-19,25-13-12-21(29)17-34-25)36-26(37)35-23-9-5-8-22(30)15-23/h2-15,17H,16H2,1H3,(H2,35,36,37). The lowest BCUT2D eigenvalue weighted by atomic mass is 9.78. The maximum atomic E-state index is 13.8. The molecule has 0 saturated carbocycles. The number of aryl methyl sites for hydroxylation is 1. The molecule has 1 aromatic heterocycles. The van der Waals surface area contributed by atoms with Gasteiger partial charge < -0.3 is 10.6 Å². The molecule has 1 atom stereocenters. The molecule has 1 unspecified atom stereocenters. The summed E-state index contributed by atoms with van der Waals surface area (Å²) in [6, 6.07) is 20.0. The number of nitrogens with zero attached hydrogens (tertiary/aromatic N) is 1. The van der Waals surface area contributed by atoms with E-state index in [-0.39, 0.29) is 23.4 Å². The summed E-state index contributed by atoms with van der Waals surface area (Å²) in [5, 5.41) is 5.77. The Kier molecular flexibility index (Phi) is 7.50. The quantitative estimate of drug-likeness (QED) is 0.255. The molecule has 0 aliphatic carbocycles. The van der Waals surface area contributed by atoms with Gasteiger partial charge in [-0.25, -0.2) is 9.18 Å². The smallest absolute Gasteiger partial charge is 0.322 e. The van der Waals surface area contributed by atoms with E-state index >= 15 is 0 Å². The van der Waals surface area contributed by atoms with Gasteiger partial charge in [0.1, 0.15) is 11.4 Å². The molecule has 2 N–H and O–H groups in total. The highest BCUT2D eigenvalue weighted by Gasteiger charge is 2.41. The molecule has 0 aliphatic rings. The van der Waals surface area contributed by atoms with Crippen molar-refractivity contribution in [1.29, 1.82) is 0 Å². The van der Waals surface area contributed by atoms with Crippen molar-refractivity contribution in [2.24, 2.45) is 0 Å². The number of aromatic nitrogens is 1. The molecule has 9 heteroatoms. The van der Waals surface area contributed by atoms with Crippen molar-refractivity contribution in [3.8, 4) is 0 Å². The van der Waals surface area contributed by atoms with E-state index in [1.54, 1.807) is 43.3 Å². The molecule has 4 rings (SSSR count). The highest BCUT2D eigenvalue weighted by molar-refractivity contribution is 6.30. The summed E-state index contributed by atoms with van der Waals surface area (Å²) in [4.78, 5) is 17.7. The predicted octanol–water partition coefficient (Wildman–Crippen LogP) is 7.51. The van der Waals surface area contributed by atoms with Crippen molar-refractivity contribution >= 4 is 23.3 Å². The van der Waals surface area contributed by atoms with Crippen LogP contribution in [0.4, 0.5) is 28.0 Å². The van der Waals surface area contributed by atoms with Crippen LogP contribution in [0.25, 0.3) is 0 Å². The Bertz CT molecular complexity index is 1390. The summed E-state index contributed by atoms with van der Waals surface area (Å²) >= 11 is 6.07. The number of hydrogen-bond donors (Lipinski definition) is 2. The van der Waals surface area contributed by atoms with Gasteiger partial charge in [-0.1, -0.05) is 54.1 Å². The number of alkyl halides is 3. The minimum Gasteiger partial charge on any atom is -0.322 e. The van der Waals surface area contributed by atoms with E-state index in [1.807, 2.05) is 6.07 Å². The van der Waals surface area contributed by atoms with Crippen LogP contribution >= 0.6 is 11.6 Å². The van der Waals surface area contributed by atoms with Crippen molar-refractivity contribution in [1.82, 2.24) is 10.3 Å². The third-order valence-corrected chi connectivity index (χ3v) is 6.13. The van der Waals surface area contributed by atoms with E-state index in [0.29, 0.717) is 10.6 Å². The van der Waals surface area contributed by atoms with Gasteiger partial charge >= 0.3 is 12.2 Å². The van der Waals surface area contributed by atoms with Crippen molar-refractivity contribution in [3.05, 3.63) is 130 Å². The summed E-state index contributed by atoms with van der Waals surface area (Å²) in [6.45, 7) is 1.66. The predicted molar refractivity (Wildman–Crippen MR) is 135 cm³/mol. The SMILES string of the molecule is Cc1ccc(C(F)(F)F)cc1C(Cc1ccccc1)(NC(=O)Nc1cccc(F)c1)c1ccc(Cl)cn1. The van der Waals surface area contributed by atoms with Crippen LogP contribution < -0.4 is 10.6 Å². The first-order valence-electron chi connectivity index (χ1n) is 11.3. The van der Waals surface area contributed by atoms with Crippen LogP contribution in [0.3, 0.4) is 0 Å². The number of carbonyl (C=O) groups excluding carboxylic acids is 1. The van der Waals surface area contributed by atoms with Gasteiger partial charge in [-0.05, 0) is 66.1 Å². The topological polar surface area (TPSA) is 54.0 Å². The largest absolute Gasteiger partial charge is 0.416 e. The van der Waals surface area contributed by atoms with Crippen LogP contribution in [-0.2, 0) is 18.1 Å². The second-order valence-electron chi connectivity index (χ2n) is 8.55. The lowest BCUT2D eigenvalue weighted by molar-refractivity contribution is -0.137. The molecule has 0 aliphatic heterocycles. The Morgan fingerprint density at radius 2 is 1.70 bits per heavy atom. The van der Waals surface area contributed by atoms with Gasteiger partial charge in [0, 0.05) is 18.3 Å². The second-order valence-corrected chi connectivity index (χ2v) is 8.98. The van der Waals surface area contributed by atoms with E-state index in [0.717, 1.165) is 23.8 Å². The third-order valence-electron chi connectivity index (χ3n) is 5.91. The van der Waals surface area contributed by atoms with Crippen LogP contribution in [0.1, 0.15) is 27.9 Å². The zero-order valence-electron chi connectivity index (χ0n) is 19.6. The Morgan fingerprint density at radius 3 is 2.35 bits per heavy atom. The number of hydrogen-bond acceptors (Lipinski definition) is 2. The fraction of sp³-hybridized carbons (Fsp3) is 0.143. The molecular formula is C28H22ClF4N3O. The summed E-state index contributed by atoms with van der Waals surface area (Å²) in [5.74, 6) is -0.554. The first-order chi connectivity index (χ1) is 17.6. The number of amides is 2. The summed E-state index contributed by atoms with van der Waals surface area (Å²) in [7, 11) is 0. The molecule has 0 radical (unpaired) electrons. The highest BCUT2D eigenvalue weighted by atomic mass is 35.5. The molecule has 0 spiro atoms. The van der Waals surface area contributed by atoms with E-state index in [2.05, 4.69) is 15.6 Å². The lowest BCUT2D eigenvalue weighted by Gasteiger charge is -2.37. The number of nitrogens with one attached hydrogen (secondary N) is 2. The molecule has 3 aromatic carbocycles. The number of carbonyl (C=O) groups is 1. The molecule has 37 heavy (non-hydrogen) atoms. The first-order valence-corrected chi connectivity index (χ1v) is 11.6. The molecule has 2 amide bonds. The fourth-order valence-electron chi connectivity index (χ4n) is 4.21. The highest BCUT2D eigenvalue weighted by Crippen LogP contribution is 2.39. The van der Waals surface area contributed by atoms with Gasteiger partial charge in [0.15, 0.2) is 0 Å². The third kappa shape index (κ3) is 6.09. The number of benzene rings is 3. The molecule has 190 valence electrons. The molecule has 0 fully saturated rings. The summed E-state index contributed by atoms with van der Waals surface area (Å²) < 4.78 is 55.1. The van der Waals surface area contributed by atoms with Crippen molar-refractivity contribution in [2.45, 2.75) is 25.1 Å².